The topological polar surface area (TPSA) is 88.2 Å². The molecule has 1 amide bonds. The number of hydrogen-bond acceptors (Lipinski definition) is 4. The number of rotatable bonds is 2. The fourth-order valence-electron chi connectivity index (χ4n) is 1.73. The normalized spacial score (nSPS) is 9.62. The number of aromatic hydroxyl groups is 1. The first kappa shape index (κ1) is 14.6. The Morgan fingerprint density at radius 1 is 1.38 bits per heavy atom. The minimum atomic E-state index is -0.423. The van der Waals surface area contributed by atoms with E-state index in [4.69, 9.17) is 5.73 Å². The van der Waals surface area contributed by atoms with E-state index in [9.17, 15) is 9.90 Å². The monoisotopic (exact) mass is 281 g/mol. The van der Waals surface area contributed by atoms with Crippen LogP contribution in [0, 0.1) is 18.8 Å². The van der Waals surface area contributed by atoms with E-state index in [1.165, 1.54) is 6.07 Å². The van der Waals surface area contributed by atoms with Gasteiger partial charge in [-0.25, -0.2) is 4.98 Å². The molecule has 21 heavy (non-hydrogen) atoms. The molecule has 2 rings (SSSR count). The molecule has 0 bridgehead atoms. The predicted molar refractivity (Wildman–Crippen MR) is 81.0 cm³/mol. The van der Waals surface area contributed by atoms with Crippen LogP contribution in [0.3, 0.4) is 0 Å². The summed E-state index contributed by atoms with van der Waals surface area (Å²) >= 11 is 0. The molecule has 0 aliphatic rings. The summed E-state index contributed by atoms with van der Waals surface area (Å²) in [6.45, 7) is 2.09. The second kappa shape index (κ2) is 6.55. The molecule has 0 saturated carbocycles. The average molecular weight is 281 g/mol. The smallest absolute Gasteiger partial charge is 0.260 e. The van der Waals surface area contributed by atoms with Crippen LogP contribution in [0.1, 0.15) is 21.6 Å². The van der Waals surface area contributed by atoms with Crippen LogP contribution in [0.4, 0.5) is 5.82 Å². The van der Waals surface area contributed by atoms with E-state index in [1.54, 1.807) is 30.3 Å². The highest BCUT2D eigenvalue weighted by atomic mass is 16.3. The van der Waals surface area contributed by atoms with E-state index in [1.807, 2.05) is 6.92 Å². The lowest BCUT2D eigenvalue weighted by atomic mass is 10.1. The molecule has 2 aromatic rings. The molecular weight excluding hydrogens is 266 g/mol. The van der Waals surface area contributed by atoms with E-state index in [-0.39, 0.29) is 17.9 Å². The van der Waals surface area contributed by atoms with Crippen LogP contribution in [0.25, 0.3) is 0 Å². The number of phenols is 1. The SMILES string of the molecule is Cc1ccc(O)c(C(=O)Nc2cccc(C#CCN)n2)c1. The largest absolute Gasteiger partial charge is 0.507 e. The standard InChI is InChI=1S/C16H15N3O2/c1-11-7-8-14(20)13(10-11)16(21)19-15-6-2-4-12(18-15)5-3-9-17/h2,4,6-8,10,20H,9,17H2,1H3,(H,18,19,21). The van der Waals surface area contributed by atoms with Gasteiger partial charge in [0.1, 0.15) is 17.3 Å². The van der Waals surface area contributed by atoms with Crippen LogP contribution < -0.4 is 11.1 Å². The van der Waals surface area contributed by atoms with E-state index >= 15 is 0 Å². The summed E-state index contributed by atoms with van der Waals surface area (Å²) < 4.78 is 0. The van der Waals surface area contributed by atoms with Gasteiger partial charge in [-0.1, -0.05) is 23.6 Å². The Morgan fingerprint density at radius 3 is 2.95 bits per heavy atom. The van der Waals surface area contributed by atoms with Gasteiger partial charge in [0.2, 0.25) is 0 Å². The Hall–Kier alpha value is -2.84. The van der Waals surface area contributed by atoms with Gasteiger partial charge in [-0.05, 0) is 37.1 Å². The highest BCUT2D eigenvalue weighted by Gasteiger charge is 2.12. The van der Waals surface area contributed by atoms with Crippen molar-refractivity contribution in [2.45, 2.75) is 6.92 Å². The van der Waals surface area contributed by atoms with Crippen molar-refractivity contribution >= 4 is 11.7 Å². The molecule has 0 spiro atoms. The zero-order valence-electron chi connectivity index (χ0n) is 11.6. The van der Waals surface area contributed by atoms with E-state index in [0.29, 0.717) is 11.5 Å². The number of hydrogen-bond donors (Lipinski definition) is 3. The molecule has 0 unspecified atom stereocenters. The van der Waals surface area contributed by atoms with Crippen molar-refractivity contribution in [3.63, 3.8) is 0 Å². The molecular formula is C16H15N3O2. The zero-order valence-corrected chi connectivity index (χ0v) is 11.6. The minimum absolute atomic E-state index is 0.0721. The van der Waals surface area contributed by atoms with Gasteiger partial charge in [0.05, 0.1) is 12.1 Å². The van der Waals surface area contributed by atoms with Gasteiger partial charge in [-0.2, -0.15) is 0 Å². The maximum Gasteiger partial charge on any atom is 0.260 e. The van der Waals surface area contributed by atoms with Gasteiger partial charge >= 0.3 is 0 Å². The number of nitrogens with two attached hydrogens (primary N) is 1. The van der Waals surface area contributed by atoms with Gasteiger partial charge in [-0.15, -0.1) is 0 Å². The Labute approximate surface area is 122 Å². The first-order valence-corrected chi connectivity index (χ1v) is 6.37. The van der Waals surface area contributed by atoms with Gasteiger partial charge in [-0.3, -0.25) is 4.79 Å². The maximum absolute atomic E-state index is 12.1. The molecule has 0 aliphatic carbocycles. The lowest BCUT2D eigenvalue weighted by molar-refractivity contribution is 0.102. The van der Waals surface area contributed by atoms with Crippen molar-refractivity contribution in [3.05, 3.63) is 53.2 Å². The molecule has 106 valence electrons. The molecule has 0 radical (unpaired) electrons. The number of benzene rings is 1. The number of aryl methyl sites for hydroxylation is 1. The molecule has 5 heteroatoms. The predicted octanol–water partition coefficient (Wildman–Crippen LogP) is 1.66. The first-order chi connectivity index (χ1) is 10.1. The van der Waals surface area contributed by atoms with Gasteiger partial charge in [0.15, 0.2) is 0 Å². The van der Waals surface area contributed by atoms with E-state index in [0.717, 1.165) is 5.56 Å². The van der Waals surface area contributed by atoms with Gasteiger partial charge in [0, 0.05) is 0 Å². The summed E-state index contributed by atoms with van der Waals surface area (Å²) in [6.07, 6.45) is 0. The Morgan fingerprint density at radius 2 is 2.19 bits per heavy atom. The number of anilines is 1. The number of aromatic nitrogens is 1. The number of amides is 1. The molecule has 1 aromatic heterocycles. The molecule has 0 fully saturated rings. The highest BCUT2D eigenvalue weighted by Crippen LogP contribution is 2.19. The number of pyridine rings is 1. The van der Waals surface area contributed by atoms with Crippen LogP contribution in [-0.2, 0) is 0 Å². The first-order valence-electron chi connectivity index (χ1n) is 6.37. The van der Waals surface area contributed by atoms with Crippen LogP contribution in [0.2, 0.25) is 0 Å². The van der Waals surface area contributed by atoms with Crippen molar-refractivity contribution in [2.75, 3.05) is 11.9 Å². The summed E-state index contributed by atoms with van der Waals surface area (Å²) in [6, 6.07) is 9.94. The van der Waals surface area contributed by atoms with Crippen LogP contribution in [0.15, 0.2) is 36.4 Å². The molecule has 0 atom stereocenters. The van der Waals surface area contributed by atoms with Gasteiger partial charge < -0.3 is 16.2 Å². The number of carbonyl (C=O) groups is 1. The van der Waals surface area contributed by atoms with Crippen molar-refractivity contribution in [1.29, 1.82) is 0 Å². The summed E-state index contributed by atoms with van der Waals surface area (Å²) in [5.74, 6) is 5.36. The molecule has 1 heterocycles. The average Bonchev–Trinajstić information content (AvgIpc) is 2.48. The molecule has 0 saturated heterocycles. The second-order valence-electron chi connectivity index (χ2n) is 4.39. The van der Waals surface area contributed by atoms with Crippen molar-refractivity contribution in [2.24, 2.45) is 5.73 Å². The van der Waals surface area contributed by atoms with E-state index in [2.05, 4.69) is 22.1 Å². The summed E-state index contributed by atoms with van der Waals surface area (Å²) in [4.78, 5) is 16.3. The number of carbonyl (C=O) groups excluding carboxylic acids is 1. The second-order valence-corrected chi connectivity index (χ2v) is 4.39. The quantitative estimate of drug-likeness (QED) is 0.730. The van der Waals surface area contributed by atoms with Crippen LogP contribution in [-0.4, -0.2) is 22.5 Å². The molecule has 0 aliphatic heterocycles. The van der Waals surface area contributed by atoms with Crippen molar-refractivity contribution in [3.8, 4) is 17.6 Å². The van der Waals surface area contributed by atoms with Crippen molar-refractivity contribution in [1.82, 2.24) is 4.98 Å². The summed E-state index contributed by atoms with van der Waals surface area (Å²) in [5, 5.41) is 12.4. The number of phenolic OH excluding ortho intramolecular Hbond substituents is 1. The van der Waals surface area contributed by atoms with Crippen molar-refractivity contribution < 1.29 is 9.90 Å². The van der Waals surface area contributed by atoms with Crippen LogP contribution >= 0.6 is 0 Å². The molecule has 4 N–H and O–H groups in total. The molecule has 5 nitrogen and oxygen atoms in total. The lowest BCUT2D eigenvalue weighted by Gasteiger charge is -2.07. The van der Waals surface area contributed by atoms with Crippen LogP contribution in [0.5, 0.6) is 5.75 Å². The summed E-state index contributed by atoms with van der Waals surface area (Å²) in [5.41, 5.74) is 6.91. The molecule has 1 aromatic carbocycles. The Balaban J connectivity index is 2.21. The number of nitrogens with one attached hydrogen (secondary N) is 1. The van der Waals surface area contributed by atoms with E-state index < -0.39 is 5.91 Å². The maximum atomic E-state index is 12.1. The Bertz CT molecular complexity index is 730. The third-order valence-electron chi connectivity index (χ3n) is 2.71. The minimum Gasteiger partial charge on any atom is -0.507 e. The number of nitrogens with zero attached hydrogens (tertiary/aromatic N) is 1. The third-order valence-corrected chi connectivity index (χ3v) is 2.71. The Kier molecular flexibility index (Phi) is 4.54. The third kappa shape index (κ3) is 3.81. The lowest BCUT2D eigenvalue weighted by Crippen LogP contribution is -2.13. The highest BCUT2D eigenvalue weighted by molar-refractivity contribution is 6.05. The summed E-state index contributed by atoms with van der Waals surface area (Å²) in [7, 11) is 0. The zero-order chi connectivity index (χ0) is 15.2. The fraction of sp³-hybridized carbons (Fsp3) is 0.125. The van der Waals surface area contributed by atoms with Gasteiger partial charge in [0.25, 0.3) is 5.91 Å². The fourth-order valence-corrected chi connectivity index (χ4v) is 1.73.